The number of hydrogen-bond donors (Lipinski definition) is 1. The number of aromatic hydroxyl groups is 1. The van der Waals surface area contributed by atoms with E-state index in [-0.39, 0.29) is 24.9 Å². The van der Waals surface area contributed by atoms with E-state index in [4.69, 9.17) is 4.74 Å². The molecule has 0 aromatic heterocycles. The van der Waals surface area contributed by atoms with Crippen LogP contribution in [0.25, 0.3) is 0 Å². The lowest BCUT2D eigenvalue weighted by atomic mass is 9.88. The summed E-state index contributed by atoms with van der Waals surface area (Å²) in [5.74, 6) is 0.903. The minimum atomic E-state index is -4.30. The SMILES string of the molecule is Oc1ccc2c(c1)CCN(CC(F)(F)F)[C@@H]2c1ccc(OCCN2CC(CF)C2)cc1. The number of nitrogens with zero attached hydrogens (tertiary/aromatic N) is 2. The molecule has 1 fully saturated rings. The highest BCUT2D eigenvalue weighted by atomic mass is 19.4. The van der Waals surface area contributed by atoms with Gasteiger partial charge in [0, 0.05) is 32.1 Å². The molecule has 1 saturated heterocycles. The number of hydrogen-bond acceptors (Lipinski definition) is 4. The van der Waals surface area contributed by atoms with Gasteiger partial charge in [0.25, 0.3) is 0 Å². The number of halogens is 4. The van der Waals surface area contributed by atoms with Crippen LogP contribution in [0.1, 0.15) is 22.7 Å². The third-order valence-corrected chi connectivity index (χ3v) is 5.96. The molecule has 2 aliphatic heterocycles. The van der Waals surface area contributed by atoms with Crippen molar-refractivity contribution in [1.29, 1.82) is 0 Å². The van der Waals surface area contributed by atoms with E-state index in [1.54, 1.807) is 36.4 Å². The summed E-state index contributed by atoms with van der Waals surface area (Å²) in [6.45, 7) is 1.69. The second-order valence-corrected chi connectivity index (χ2v) is 8.32. The average molecular weight is 438 g/mol. The van der Waals surface area contributed by atoms with E-state index in [2.05, 4.69) is 4.90 Å². The summed E-state index contributed by atoms with van der Waals surface area (Å²) < 4.78 is 57.8. The lowest BCUT2D eigenvalue weighted by molar-refractivity contribution is -0.150. The molecule has 168 valence electrons. The quantitative estimate of drug-likeness (QED) is 0.658. The average Bonchev–Trinajstić information content (AvgIpc) is 2.69. The van der Waals surface area contributed by atoms with Gasteiger partial charge in [-0.1, -0.05) is 18.2 Å². The van der Waals surface area contributed by atoms with Crippen LogP contribution in [-0.4, -0.2) is 67.1 Å². The standard InChI is InChI=1S/C23H26F4N2O2/c24-12-16-13-28(14-16)9-10-31-20-4-1-17(2-5-20)22-21-6-3-19(30)11-18(21)7-8-29(22)15-23(25,26)27/h1-6,11,16,22,30H,7-10,12-15H2/t22-/m1/s1. The minimum Gasteiger partial charge on any atom is -0.508 e. The van der Waals surface area contributed by atoms with Crippen LogP contribution in [0.3, 0.4) is 0 Å². The zero-order valence-electron chi connectivity index (χ0n) is 17.1. The maximum Gasteiger partial charge on any atom is 0.401 e. The number of fused-ring (bicyclic) bond motifs is 1. The van der Waals surface area contributed by atoms with E-state index in [0.717, 1.165) is 36.3 Å². The highest BCUT2D eigenvalue weighted by Crippen LogP contribution is 2.38. The summed E-state index contributed by atoms with van der Waals surface area (Å²) in [4.78, 5) is 3.56. The first-order valence-corrected chi connectivity index (χ1v) is 10.5. The number of ether oxygens (including phenoxy) is 1. The van der Waals surface area contributed by atoms with E-state index in [1.165, 1.54) is 11.0 Å². The van der Waals surface area contributed by atoms with Gasteiger partial charge in [0.1, 0.15) is 18.1 Å². The van der Waals surface area contributed by atoms with Crippen LogP contribution < -0.4 is 4.74 Å². The fraction of sp³-hybridized carbons (Fsp3) is 0.478. The van der Waals surface area contributed by atoms with Crippen molar-refractivity contribution in [2.24, 2.45) is 5.92 Å². The first-order valence-electron chi connectivity index (χ1n) is 10.5. The number of phenols is 1. The molecular weight excluding hydrogens is 412 g/mol. The molecule has 2 aromatic carbocycles. The van der Waals surface area contributed by atoms with Crippen LogP contribution in [-0.2, 0) is 6.42 Å². The molecule has 1 N–H and O–H groups in total. The normalized spacial score (nSPS) is 20.3. The fourth-order valence-corrected chi connectivity index (χ4v) is 4.45. The van der Waals surface area contributed by atoms with E-state index >= 15 is 0 Å². The summed E-state index contributed by atoms with van der Waals surface area (Å²) in [5, 5.41) is 9.77. The van der Waals surface area contributed by atoms with Gasteiger partial charge in [0.15, 0.2) is 0 Å². The van der Waals surface area contributed by atoms with Crippen molar-refractivity contribution in [1.82, 2.24) is 9.80 Å². The Balaban J connectivity index is 1.46. The van der Waals surface area contributed by atoms with Gasteiger partial charge in [-0.25, -0.2) is 0 Å². The second-order valence-electron chi connectivity index (χ2n) is 8.32. The zero-order chi connectivity index (χ0) is 22.0. The molecule has 0 radical (unpaired) electrons. The molecule has 2 aliphatic rings. The molecule has 2 heterocycles. The third kappa shape index (κ3) is 5.30. The Morgan fingerprint density at radius 1 is 1.06 bits per heavy atom. The van der Waals surface area contributed by atoms with Crippen molar-refractivity contribution in [3.05, 3.63) is 59.2 Å². The van der Waals surface area contributed by atoms with Crippen molar-refractivity contribution in [2.45, 2.75) is 18.6 Å². The van der Waals surface area contributed by atoms with Gasteiger partial charge in [-0.05, 0) is 47.4 Å². The highest BCUT2D eigenvalue weighted by Gasteiger charge is 2.37. The molecule has 31 heavy (non-hydrogen) atoms. The van der Waals surface area contributed by atoms with Crippen molar-refractivity contribution in [3.63, 3.8) is 0 Å². The number of likely N-dealkylation sites (tertiary alicyclic amines) is 1. The predicted molar refractivity (Wildman–Crippen MR) is 109 cm³/mol. The van der Waals surface area contributed by atoms with Gasteiger partial charge in [-0.15, -0.1) is 0 Å². The maximum absolute atomic E-state index is 13.2. The van der Waals surface area contributed by atoms with E-state index < -0.39 is 18.8 Å². The Morgan fingerprint density at radius 2 is 1.81 bits per heavy atom. The molecule has 2 aromatic rings. The molecule has 0 aliphatic carbocycles. The van der Waals surface area contributed by atoms with Gasteiger partial charge in [0.05, 0.1) is 19.3 Å². The summed E-state index contributed by atoms with van der Waals surface area (Å²) in [5.41, 5.74) is 2.39. The van der Waals surface area contributed by atoms with Gasteiger partial charge >= 0.3 is 6.18 Å². The largest absolute Gasteiger partial charge is 0.508 e. The predicted octanol–water partition coefficient (Wildman–Crippen LogP) is 4.18. The Labute approximate surface area is 179 Å². The summed E-state index contributed by atoms with van der Waals surface area (Å²) in [7, 11) is 0. The fourth-order valence-electron chi connectivity index (χ4n) is 4.45. The molecule has 0 spiro atoms. The molecular formula is C23H26F4N2O2. The Morgan fingerprint density at radius 3 is 2.48 bits per heavy atom. The highest BCUT2D eigenvalue weighted by molar-refractivity contribution is 5.44. The lowest BCUT2D eigenvalue weighted by Crippen LogP contribution is -2.49. The van der Waals surface area contributed by atoms with E-state index in [0.29, 0.717) is 18.8 Å². The van der Waals surface area contributed by atoms with Crippen molar-refractivity contribution in [3.8, 4) is 11.5 Å². The monoisotopic (exact) mass is 438 g/mol. The topological polar surface area (TPSA) is 35.9 Å². The van der Waals surface area contributed by atoms with Gasteiger partial charge in [-0.2, -0.15) is 13.2 Å². The number of rotatable bonds is 7. The van der Waals surface area contributed by atoms with Gasteiger partial charge < -0.3 is 9.84 Å². The maximum atomic E-state index is 13.2. The van der Waals surface area contributed by atoms with Crippen LogP contribution in [0.4, 0.5) is 17.6 Å². The summed E-state index contributed by atoms with van der Waals surface area (Å²) >= 11 is 0. The van der Waals surface area contributed by atoms with Crippen molar-refractivity contribution < 1.29 is 27.4 Å². The van der Waals surface area contributed by atoms with Crippen LogP contribution in [0.15, 0.2) is 42.5 Å². The number of benzene rings is 2. The molecule has 4 nitrogen and oxygen atoms in total. The van der Waals surface area contributed by atoms with E-state index in [9.17, 15) is 22.7 Å². The molecule has 4 rings (SSSR count). The number of phenolic OH excluding ortho intramolecular Hbond substituents is 1. The van der Waals surface area contributed by atoms with Gasteiger partial charge in [-0.3, -0.25) is 14.2 Å². The number of alkyl halides is 4. The molecule has 0 amide bonds. The first kappa shape index (κ1) is 21.9. The molecule has 8 heteroatoms. The van der Waals surface area contributed by atoms with Crippen LogP contribution in [0, 0.1) is 5.92 Å². The molecule has 1 atom stereocenters. The summed E-state index contributed by atoms with van der Waals surface area (Å²) in [6, 6.07) is 11.5. The van der Waals surface area contributed by atoms with Crippen molar-refractivity contribution >= 4 is 0 Å². The van der Waals surface area contributed by atoms with Gasteiger partial charge in [0.2, 0.25) is 0 Å². The minimum absolute atomic E-state index is 0.116. The summed E-state index contributed by atoms with van der Waals surface area (Å²) in [6.07, 6.45) is -3.84. The van der Waals surface area contributed by atoms with Crippen LogP contribution in [0.2, 0.25) is 0 Å². The molecule has 0 bridgehead atoms. The van der Waals surface area contributed by atoms with E-state index in [1.807, 2.05) is 0 Å². The lowest BCUT2D eigenvalue weighted by Gasteiger charge is -2.38. The Hall–Kier alpha value is -2.32. The van der Waals surface area contributed by atoms with Crippen LogP contribution in [0.5, 0.6) is 11.5 Å². The molecule has 0 saturated carbocycles. The Kier molecular flexibility index (Phi) is 6.39. The Bertz CT molecular complexity index is 882. The van der Waals surface area contributed by atoms with Crippen LogP contribution >= 0.6 is 0 Å². The molecule has 0 unspecified atom stereocenters. The second kappa shape index (κ2) is 9.04. The third-order valence-electron chi connectivity index (χ3n) is 5.96. The van der Waals surface area contributed by atoms with Crippen molar-refractivity contribution in [2.75, 3.05) is 46.0 Å². The first-order chi connectivity index (χ1) is 14.8. The zero-order valence-corrected chi connectivity index (χ0v) is 17.1. The smallest absolute Gasteiger partial charge is 0.401 e.